The molecule has 1 amide bonds. The molecule has 1 atom stereocenters. The number of nitrogens with one attached hydrogen (secondary N) is 1. The van der Waals surface area contributed by atoms with E-state index >= 15 is 0 Å². The van der Waals surface area contributed by atoms with Crippen LogP contribution in [0.5, 0.6) is 0 Å². The van der Waals surface area contributed by atoms with E-state index in [1.54, 1.807) is 0 Å². The van der Waals surface area contributed by atoms with E-state index in [4.69, 9.17) is 5.11 Å². The quantitative estimate of drug-likeness (QED) is 0.268. The Labute approximate surface area is 144 Å². The van der Waals surface area contributed by atoms with Gasteiger partial charge in [0.15, 0.2) is 0 Å². The van der Waals surface area contributed by atoms with E-state index in [1.165, 1.54) is 38.5 Å². The molecule has 0 radical (unpaired) electrons. The second-order valence-electron chi connectivity index (χ2n) is 5.80. The average molecular weight is 343 g/mol. The van der Waals surface area contributed by atoms with Crippen molar-refractivity contribution in [2.45, 2.75) is 83.6 Å². The smallest absolute Gasteiger partial charge is 0.326 e. The summed E-state index contributed by atoms with van der Waals surface area (Å²) in [6.07, 6.45) is 11.3. The van der Waals surface area contributed by atoms with Crippen LogP contribution in [0.1, 0.15) is 77.6 Å². The van der Waals surface area contributed by atoms with Gasteiger partial charge in [-0.2, -0.15) is 0 Å². The van der Waals surface area contributed by atoms with E-state index in [9.17, 15) is 9.59 Å². The molecule has 1 unspecified atom stereocenters. The van der Waals surface area contributed by atoms with Gasteiger partial charge < -0.3 is 10.4 Å². The SMILES string of the molecule is CCCCCCCCCCCC(=O)NC(CCN=C=S)C(=O)O. The maximum Gasteiger partial charge on any atom is 0.326 e. The molecule has 0 rings (SSSR count). The van der Waals surface area contributed by atoms with Gasteiger partial charge in [-0.3, -0.25) is 4.79 Å². The number of aliphatic imine (C=N–C) groups is 1. The van der Waals surface area contributed by atoms with Gasteiger partial charge in [0, 0.05) is 6.42 Å². The molecule has 0 heterocycles. The molecule has 0 aromatic carbocycles. The van der Waals surface area contributed by atoms with E-state index < -0.39 is 12.0 Å². The Morgan fingerprint density at radius 3 is 2.17 bits per heavy atom. The molecule has 0 aliphatic rings. The van der Waals surface area contributed by atoms with Crippen LogP contribution >= 0.6 is 12.2 Å². The Bertz CT molecular complexity index is 382. The first-order chi connectivity index (χ1) is 11.1. The number of thiocarbonyl (C=S) groups is 1. The number of carboxylic acid groups (broad SMARTS) is 1. The zero-order valence-corrected chi connectivity index (χ0v) is 15.0. The lowest BCUT2D eigenvalue weighted by molar-refractivity contribution is -0.142. The van der Waals surface area contributed by atoms with E-state index in [-0.39, 0.29) is 18.9 Å². The first-order valence-electron chi connectivity index (χ1n) is 8.67. The van der Waals surface area contributed by atoms with Crippen molar-refractivity contribution in [3.63, 3.8) is 0 Å². The van der Waals surface area contributed by atoms with Crippen molar-refractivity contribution in [2.75, 3.05) is 6.54 Å². The Morgan fingerprint density at radius 1 is 1.09 bits per heavy atom. The molecule has 0 aliphatic carbocycles. The van der Waals surface area contributed by atoms with Crippen LogP contribution < -0.4 is 5.32 Å². The Kier molecular flexibility index (Phi) is 14.8. The van der Waals surface area contributed by atoms with Crippen LogP contribution in [0.4, 0.5) is 0 Å². The van der Waals surface area contributed by atoms with Gasteiger partial charge in [0.05, 0.1) is 11.7 Å². The fraction of sp³-hybridized carbons (Fsp3) is 0.824. The molecule has 0 spiro atoms. The summed E-state index contributed by atoms with van der Waals surface area (Å²) in [6, 6.07) is -0.895. The molecular weight excluding hydrogens is 312 g/mol. The van der Waals surface area contributed by atoms with Gasteiger partial charge in [0.2, 0.25) is 5.91 Å². The fourth-order valence-electron chi connectivity index (χ4n) is 2.36. The lowest BCUT2D eigenvalue weighted by Gasteiger charge is -2.13. The van der Waals surface area contributed by atoms with Crippen LogP contribution in [0.2, 0.25) is 0 Å². The van der Waals surface area contributed by atoms with Gasteiger partial charge in [0.1, 0.15) is 6.04 Å². The van der Waals surface area contributed by atoms with Gasteiger partial charge in [-0.25, -0.2) is 9.79 Å². The predicted molar refractivity (Wildman–Crippen MR) is 95.9 cm³/mol. The zero-order chi connectivity index (χ0) is 17.3. The van der Waals surface area contributed by atoms with Gasteiger partial charge in [-0.05, 0) is 25.1 Å². The third kappa shape index (κ3) is 14.1. The first-order valence-corrected chi connectivity index (χ1v) is 9.08. The van der Waals surface area contributed by atoms with Crippen molar-refractivity contribution < 1.29 is 14.7 Å². The Balaban J connectivity index is 3.67. The second kappa shape index (κ2) is 15.6. The van der Waals surface area contributed by atoms with Gasteiger partial charge in [0.25, 0.3) is 0 Å². The highest BCUT2D eigenvalue weighted by molar-refractivity contribution is 7.78. The number of nitrogens with zero attached hydrogens (tertiary/aromatic N) is 1. The topological polar surface area (TPSA) is 78.8 Å². The molecule has 132 valence electrons. The van der Waals surface area contributed by atoms with Crippen molar-refractivity contribution in [2.24, 2.45) is 4.99 Å². The summed E-state index contributed by atoms with van der Waals surface area (Å²) in [5.41, 5.74) is 0. The van der Waals surface area contributed by atoms with Crippen molar-refractivity contribution >= 4 is 29.3 Å². The monoisotopic (exact) mass is 342 g/mol. The predicted octanol–water partition coefficient (Wildman–Crippen LogP) is 3.97. The number of hydrogen-bond acceptors (Lipinski definition) is 4. The number of rotatable bonds is 15. The maximum atomic E-state index is 11.8. The maximum absolute atomic E-state index is 11.8. The third-order valence-corrected chi connectivity index (χ3v) is 3.86. The lowest BCUT2D eigenvalue weighted by atomic mass is 10.1. The largest absolute Gasteiger partial charge is 0.480 e. The first kappa shape index (κ1) is 21.7. The number of hydrogen-bond donors (Lipinski definition) is 2. The van der Waals surface area contributed by atoms with Crippen LogP contribution in [0.25, 0.3) is 0 Å². The van der Waals surface area contributed by atoms with Crippen LogP contribution in [-0.2, 0) is 9.59 Å². The molecule has 0 bridgehead atoms. The molecule has 2 N–H and O–H groups in total. The zero-order valence-electron chi connectivity index (χ0n) is 14.2. The van der Waals surface area contributed by atoms with Crippen molar-refractivity contribution in [1.29, 1.82) is 0 Å². The Morgan fingerprint density at radius 2 is 1.65 bits per heavy atom. The minimum absolute atomic E-state index is 0.202. The fourth-order valence-corrected chi connectivity index (χ4v) is 2.45. The van der Waals surface area contributed by atoms with E-state index in [2.05, 4.69) is 34.6 Å². The highest BCUT2D eigenvalue weighted by Gasteiger charge is 2.18. The van der Waals surface area contributed by atoms with Gasteiger partial charge in [-0.15, -0.1) is 0 Å². The van der Waals surface area contributed by atoms with Crippen LogP contribution in [0, 0.1) is 0 Å². The molecule has 0 aliphatic heterocycles. The number of carbonyl (C=O) groups excluding carboxylic acids is 1. The minimum Gasteiger partial charge on any atom is -0.480 e. The van der Waals surface area contributed by atoms with E-state index in [0.29, 0.717) is 6.42 Å². The summed E-state index contributed by atoms with van der Waals surface area (Å²) in [5.74, 6) is -1.24. The number of carbonyl (C=O) groups is 2. The highest BCUT2D eigenvalue weighted by Crippen LogP contribution is 2.10. The molecule has 6 heteroatoms. The summed E-state index contributed by atoms with van der Waals surface area (Å²) < 4.78 is 0. The van der Waals surface area contributed by atoms with Crippen molar-refractivity contribution in [3.05, 3.63) is 0 Å². The number of unbranched alkanes of at least 4 members (excludes halogenated alkanes) is 8. The molecule has 23 heavy (non-hydrogen) atoms. The Hall–Kier alpha value is -1.26. The van der Waals surface area contributed by atoms with Gasteiger partial charge >= 0.3 is 5.97 Å². The molecule has 0 aromatic heterocycles. The minimum atomic E-state index is -1.04. The molecule has 0 fully saturated rings. The van der Waals surface area contributed by atoms with Crippen molar-refractivity contribution in [1.82, 2.24) is 5.32 Å². The van der Waals surface area contributed by atoms with Crippen LogP contribution in [-0.4, -0.2) is 34.7 Å². The normalized spacial score (nSPS) is 11.5. The number of isothiocyanates is 1. The molecule has 5 nitrogen and oxygen atoms in total. The summed E-state index contributed by atoms with van der Waals surface area (Å²) in [5, 5.41) is 13.8. The summed E-state index contributed by atoms with van der Waals surface area (Å²) >= 11 is 4.43. The average Bonchev–Trinajstić information content (AvgIpc) is 2.52. The molecule has 0 saturated heterocycles. The highest BCUT2D eigenvalue weighted by atomic mass is 32.1. The number of aliphatic carboxylic acids is 1. The molecule has 0 saturated carbocycles. The van der Waals surface area contributed by atoms with E-state index in [1.807, 2.05) is 0 Å². The van der Waals surface area contributed by atoms with E-state index in [0.717, 1.165) is 19.3 Å². The summed E-state index contributed by atoms with van der Waals surface area (Å²) in [6.45, 7) is 2.48. The number of amides is 1. The van der Waals surface area contributed by atoms with Crippen LogP contribution in [0.3, 0.4) is 0 Å². The molecule has 0 aromatic rings. The molecular formula is C17H30N2O3S. The third-order valence-electron chi connectivity index (χ3n) is 3.73. The van der Waals surface area contributed by atoms with Crippen LogP contribution in [0.15, 0.2) is 4.99 Å². The van der Waals surface area contributed by atoms with Gasteiger partial charge in [-0.1, -0.05) is 58.3 Å². The summed E-state index contributed by atoms with van der Waals surface area (Å²) in [4.78, 5) is 26.5. The van der Waals surface area contributed by atoms with Crippen molar-refractivity contribution in [3.8, 4) is 0 Å². The number of carboxylic acids is 1. The summed E-state index contributed by atoms with van der Waals surface area (Å²) in [7, 11) is 0. The standard InChI is InChI=1S/C17H30N2O3S/c1-2-3-4-5-6-7-8-9-10-11-16(20)19-15(17(21)22)12-13-18-14-23/h15H,2-13H2,1H3,(H,19,20)(H,21,22). The lowest BCUT2D eigenvalue weighted by Crippen LogP contribution is -2.41. The second-order valence-corrected chi connectivity index (χ2v) is 5.98.